The van der Waals surface area contributed by atoms with Crippen LogP contribution in [0.25, 0.3) is 22.4 Å². The van der Waals surface area contributed by atoms with Gasteiger partial charge in [-0.1, -0.05) is 30.3 Å². The number of benzene rings is 2. The minimum atomic E-state index is -4.20. The number of imidazole rings is 1. The lowest BCUT2D eigenvalue weighted by atomic mass is 10.1. The molecule has 9 N–H and O–H groups in total. The molecule has 0 saturated heterocycles. The third-order valence-electron chi connectivity index (χ3n) is 3.74. The zero-order valence-corrected chi connectivity index (χ0v) is 17.9. The second-order valence-corrected chi connectivity index (χ2v) is 8.21. The average molecular weight is 530 g/mol. The number of aromatic nitrogens is 2. The maximum Gasteiger partial charge on any atom is 0.761 e. The van der Waals surface area contributed by atoms with Crippen molar-refractivity contribution in [3.05, 3.63) is 48.5 Å². The zero-order chi connectivity index (χ0) is 23.7. The van der Waals surface area contributed by atoms with Crippen LogP contribution >= 0.6 is 0 Å². The van der Waals surface area contributed by atoms with Crippen molar-refractivity contribution in [2.24, 2.45) is 5.73 Å². The maximum absolute atomic E-state index is 11.1. The van der Waals surface area contributed by atoms with E-state index < -0.39 is 44.6 Å². The summed E-state index contributed by atoms with van der Waals surface area (Å²) < 4.78 is 39.9. The molecule has 1 aromatic heterocycles. The highest BCUT2D eigenvalue weighted by molar-refractivity contribution is 7.85. The normalized spacial score (nSPS) is 10.5. The van der Waals surface area contributed by atoms with Gasteiger partial charge < -0.3 is 35.6 Å². The number of nitrogens with zero attached hydrogens (tertiary/aromatic N) is 1. The fourth-order valence-electron chi connectivity index (χ4n) is 2.03. The number of hydrogen-bond acceptors (Lipinski definition) is 8. The van der Waals surface area contributed by atoms with Crippen molar-refractivity contribution < 1.29 is 42.3 Å². The topological polar surface area (TPSA) is 227 Å². The van der Waals surface area contributed by atoms with E-state index in [1.54, 1.807) is 6.07 Å². The number of aliphatic hydroxyl groups excluding tert-OH is 3. The molecule has 0 unspecified atom stereocenters. The Morgan fingerprint density at radius 2 is 1.48 bits per heavy atom. The minimum absolute atomic E-state index is 0. The van der Waals surface area contributed by atoms with Crippen LogP contribution in [0.1, 0.15) is 0 Å². The van der Waals surface area contributed by atoms with Crippen LogP contribution in [-0.4, -0.2) is 123 Å². The molecule has 3 aromatic rings. The Hall–Kier alpha value is -1.42. The van der Waals surface area contributed by atoms with E-state index in [1.807, 2.05) is 30.3 Å². The highest BCUT2D eigenvalue weighted by atomic mass is 32.2. The molecular formula is C17H28AlMgN3O9SSi. The Morgan fingerprint density at radius 3 is 1.88 bits per heavy atom. The standard InChI is InChI=1S/C13H10N2O3S.C4H11NO3.Al.Mg.H2O3Si.5H/c16-19(17,18)10-6-7-11-12(8-10)15-13(14-11)9-4-2-1-3-5-9;5-4(1-6,2-7)3-8;;;1-4(2)3;;;;;/h1-8H,(H,14,15)(H,16,17,18);6-8H,1-3,5H2;;;1-2H;;;;;. The molecule has 0 aliphatic carbocycles. The summed E-state index contributed by atoms with van der Waals surface area (Å²) in [5, 5.41) is 25.0. The summed E-state index contributed by atoms with van der Waals surface area (Å²) >= 11 is 0. The summed E-state index contributed by atoms with van der Waals surface area (Å²) in [6.07, 6.45) is 0. The van der Waals surface area contributed by atoms with Crippen LogP contribution in [0.15, 0.2) is 53.4 Å². The monoisotopic (exact) mass is 529 g/mol. The van der Waals surface area contributed by atoms with Crippen LogP contribution in [0.5, 0.6) is 0 Å². The molecule has 0 aliphatic rings. The van der Waals surface area contributed by atoms with Crippen molar-refractivity contribution in [1.29, 1.82) is 0 Å². The predicted octanol–water partition coefficient (Wildman–Crippen LogP) is -3.58. The summed E-state index contributed by atoms with van der Waals surface area (Å²) in [4.78, 5) is 21.6. The lowest BCUT2D eigenvalue weighted by molar-refractivity contribution is 0.0697. The highest BCUT2D eigenvalue weighted by Gasteiger charge is 2.20. The van der Waals surface area contributed by atoms with Crippen LogP contribution in [-0.2, 0) is 14.6 Å². The molecule has 16 heteroatoms. The third kappa shape index (κ3) is 11.5. The van der Waals surface area contributed by atoms with Crippen molar-refractivity contribution in [2.75, 3.05) is 19.8 Å². The van der Waals surface area contributed by atoms with E-state index in [9.17, 15) is 8.42 Å². The number of hydrogen-bond donors (Lipinski definition) is 8. The lowest BCUT2D eigenvalue weighted by Gasteiger charge is -2.20. The van der Waals surface area contributed by atoms with Crippen molar-refractivity contribution >= 4 is 70.7 Å². The van der Waals surface area contributed by atoms with Gasteiger partial charge in [0, 0.05) is 5.56 Å². The molecule has 0 fully saturated rings. The van der Waals surface area contributed by atoms with Crippen LogP contribution < -0.4 is 5.73 Å². The Kier molecular flexibility index (Phi) is 15.8. The Morgan fingerprint density at radius 1 is 1.00 bits per heavy atom. The number of nitrogens with two attached hydrogens (primary N) is 1. The smallest absolute Gasteiger partial charge is 0.511 e. The largest absolute Gasteiger partial charge is 0.761 e. The molecule has 0 saturated carbocycles. The van der Waals surface area contributed by atoms with Crippen molar-refractivity contribution in [2.45, 2.75) is 10.4 Å². The van der Waals surface area contributed by atoms with Gasteiger partial charge in [0.2, 0.25) is 0 Å². The first-order valence-electron chi connectivity index (χ1n) is 8.52. The van der Waals surface area contributed by atoms with Gasteiger partial charge in [0.25, 0.3) is 10.1 Å². The Balaban J connectivity index is 0. The van der Waals surface area contributed by atoms with E-state index in [4.69, 9.17) is 39.7 Å². The van der Waals surface area contributed by atoms with Crippen LogP contribution in [0.3, 0.4) is 0 Å². The van der Waals surface area contributed by atoms with E-state index in [-0.39, 0.29) is 45.3 Å². The molecule has 12 nitrogen and oxygen atoms in total. The molecule has 3 rings (SSSR count). The lowest BCUT2D eigenvalue weighted by Crippen LogP contribution is -2.50. The number of fused-ring (bicyclic) bond motifs is 1. The summed E-state index contributed by atoms with van der Waals surface area (Å²) in [7, 11) is -7.33. The number of aliphatic hydroxyl groups is 3. The van der Waals surface area contributed by atoms with E-state index in [0.717, 1.165) is 5.56 Å². The van der Waals surface area contributed by atoms with Gasteiger partial charge in [0.1, 0.15) is 5.82 Å². The summed E-state index contributed by atoms with van der Waals surface area (Å²) in [6, 6.07) is 13.8. The average Bonchev–Trinajstić information content (AvgIpc) is 3.17. The second-order valence-electron chi connectivity index (χ2n) is 6.22. The van der Waals surface area contributed by atoms with Crippen LogP contribution in [0, 0.1) is 0 Å². The zero-order valence-electron chi connectivity index (χ0n) is 16.1. The number of aromatic amines is 1. The Labute approximate surface area is 218 Å². The number of H-pyrrole nitrogens is 1. The van der Waals surface area contributed by atoms with Gasteiger partial charge in [0.05, 0.1) is 41.3 Å². The molecule has 0 spiro atoms. The maximum atomic E-state index is 11.1. The minimum Gasteiger partial charge on any atom is -0.511 e. The molecule has 1 heterocycles. The van der Waals surface area contributed by atoms with Crippen molar-refractivity contribution in [1.82, 2.24) is 9.97 Å². The predicted molar refractivity (Wildman–Crippen MR) is 129 cm³/mol. The second kappa shape index (κ2) is 15.5. The van der Waals surface area contributed by atoms with E-state index >= 15 is 0 Å². The SMILES string of the molecule is NC(CO)(CO)CO.O=S(=O)(O)c1ccc2[nH]c(-c3ccccc3)nc2c1.O=[Si](O)O.[AlH3].[MgH2]. The fourth-order valence-corrected chi connectivity index (χ4v) is 2.53. The van der Waals surface area contributed by atoms with Gasteiger partial charge in [-0.3, -0.25) is 9.01 Å². The molecule has 0 aliphatic heterocycles. The van der Waals surface area contributed by atoms with E-state index in [0.29, 0.717) is 16.9 Å². The fraction of sp³-hybridized carbons (Fsp3) is 0.235. The van der Waals surface area contributed by atoms with Gasteiger partial charge in [-0.05, 0) is 18.2 Å². The molecule has 180 valence electrons. The molecule has 33 heavy (non-hydrogen) atoms. The first-order valence-corrected chi connectivity index (χ1v) is 11.3. The van der Waals surface area contributed by atoms with Gasteiger partial charge in [-0.25, -0.2) is 4.98 Å². The molecule has 0 atom stereocenters. The van der Waals surface area contributed by atoms with E-state index in [2.05, 4.69) is 9.97 Å². The quantitative estimate of drug-likeness (QED) is 0.119. The first kappa shape index (κ1) is 33.7. The number of rotatable bonds is 5. The van der Waals surface area contributed by atoms with Gasteiger partial charge in [-0.2, -0.15) is 8.42 Å². The summed E-state index contributed by atoms with van der Waals surface area (Å²) in [6.45, 7) is -1.21. The highest BCUT2D eigenvalue weighted by Crippen LogP contribution is 2.22. The van der Waals surface area contributed by atoms with Crippen LogP contribution in [0.4, 0.5) is 0 Å². The van der Waals surface area contributed by atoms with Gasteiger partial charge in [-0.15, -0.1) is 0 Å². The molecule has 2 aromatic carbocycles. The molecule has 0 bridgehead atoms. The molecular weight excluding hydrogens is 502 g/mol. The number of nitrogens with one attached hydrogen (secondary N) is 1. The van der Waals surface area contributed by atoms with Crippen LogP contribution in [0.2, 0.25) is 0 Å². The Bertz CT molecular complexity index is 1090. The van der Waals surface area contributed by atoms with Crippen molar-refractivity contribution in [3.63, 3.8) is 0 Å². The summed E-state index contributed by atoms with van der Waals surface area (Å²) in [5.41, 5.74) is 6.06. The molecule has 0 amide bonds. The van der Waals surface area contributed by atoms with E-state index in [1.165, 1.54) is 12.1 Å². The first-order chi connectivity index (χ1) is 14.5. The van der Waals surface area contributed by atoms with Crippen molar-refractivity contribution in [3.8, 4) is 11.4 Å². The van der Waals surface area contributed by atoms with Gasteiger partial charge in [0.15, 0.2) is 17.4 Å². The van der Waals surface area contributed by atoms with Gasteiger partial charge >= 0.3 is 32.2 Å². The molecule has 0 radical (unpaired) electrons. The summed E-state index contributed by atoms with van der Waals surface area (Å²) in [5.74, 6) is 0.656. The third-order valence-corrected chi connectivity index (χ3v) is 4.59.